The second-order valence-corrected chi connectivity index (χ2v) is 8.45. The number of guanidine groups is 1. The SMILES string of the molecule is CN=C(NCc1ccc(OCc2ccccc2)c(OC)c1)N1CCC(C)C(n2ccnc2)C1.I. The van der Waals surface area contributed by atoms with Crippen LogP contribution in [0.3, 0.4) is 0 Å². The predicted octanol–water partition coefficient (Wildman–Crippen LogP) is 4.75. The van der Waals surface area contributed by atoms with Crippen molar-refractivity contribution in [2.75, 3.05) is 27.2 Å². The van der Waals surface area contributed by atoms with E-state index in [9.17, 15) is 0 Å². The molecule has 0 radical (unpaired) electrons. The number of aliphatic imine (C=N–C) groups is 1. The third kappa shape index (κ3) is 6.43. The van der Waals surface area contributed by atoms with Crippen LogP contribution in [0, 0.1) is 5.92 Å². The molecule has 1 aliphatic rings. The Morgan fingerprint density at radius 1 is 1.15 bits per heavy atom. The highest BCUT2D eigenvalue weighted by Crippen LogP contribution is 2.29. The van der Waals surface area contributed by atoms with Gasteiger partial charge >= 0.3 is 0 Å². The van der Waals surface area contributed by atoms with Gasteiger partial charge in [-0.3, -0.25) is 4.99 Å². The maximum atomic E-state index is 5.98. The van der Waals surface area contributed by atoms with Crippen molar-refractivity contribution >= 4 is 29.9 Å². The van der Waals surface area contributed by atoms with Gasteiger partial charge in [0, 0.05) is 39.1 Å². The molecule has 1 saturated heterocycles. The third-order valence-electron chi connectivity index (χ3n) is 6.25. The standard InChI is InChI=1S/C26H33N5O2.HI/c1-20-11-13-30(17-23(20)31-14-12-28-19-31)26(27-2)29-16-22-9-10-24(25(15-22)32-3)33-18-21-7-5-4-6-8-21;/h4-10,12,14-15,19-20,23H,11,13,16-18H2,1-3H3,(H,27,29);1H. The average Bonchev–Trinajstić information content (AvgIpc) is 3.39. The zero-order valence-corrected chi connectivity index (χ0v) is 22.4. The molecule has 34 heavy (non-hydrogen) atoms. The average molecular weight is 575 g/mol. The molecule has 0 spiro atoms. The number of imidazole rings is 1. The largest absolute Gasteiger partial charge is 0.493 e. The second-order valence-electron chi connectivity index (χ2n) is 8.45. The van der Waals surface area contributed by atoms with Gasteiger partial charge in [-0.05, 0) is 35.6 Å². The number of hydrogen-bond acceptors (Lipinski definition) is 4. The first-order valence-corrected chi connectivity index (χ1v) is 11.4. The van der Waals surface area contributed by atoms with Gasteiger partial charge in [-0.2, -0.15) is 0 Å². The first-order valence-electron chi connectivity index (χ1n) is 11.4. The van der Waals surface area contributed by atoms with Gasteiger partial charge in [-0.15, -0.1) is 24.0 Å². The molecule has 1 fully saturated rings. The number of likely N-dealkylation sites (tertiary alicyclic amines) is 1. The molecule has 2 atom stereocenters. The van der Waals surface area contributed by atoms with E-state index in [-0.39, 0.29) is 24.0 Å². The number of ether oxygens (including phenoxy) is 2. The zero-order chi connectivity index (χ0) is 23.0. The highest BCUT2D eigenvalue weighted by molar-refractivity contribution is 14.0. The molecule has 3 aromatic rings. The number of methoxy groups -OCH3 is 1. The summed E-state index contributed by atoms with van der Waals surface area (Å²) < 4.78 is 13.8. The summed E-state index contributed by atoms with van der Waals surface area (Å²) in [6.45, 7) is 5.37. The lowest BCUT2D eigenvalue weighted by Gasteiger charge is -2.39. The highest BCUT2D eigenvalue weighted by Gasteiger charge is 2.28. The molecule has 1 aromatic heterocycles. The number of aromatic nitrogens is 2. The Kier molecular flexibility index (Phi) is 9.62. The van der Waals surface area contributed by atoms with Gasteiger partial charge in [0.05, 0.1) is 19.5 Å². The number of benzene rings is 2. The fourth-order valence-corrected chi connectivity index (χ4v) is 4.28. The molecule has 8 heteroatoms. The fraction of sp³-hybridized carbons (Fsp3) is 0.385. The van der Waals surface area contributed by atoms with Gasteiger partial charge in [0.25, 0.3) is 0 Å². The van der Waals surface area contributed by atoms with Crippen LogP contribution in [0.4, 0.5) is 0 Å². The summed E-state index contributed by atoms with van der Waals surface area (Å²) in [6.07, 6.45) is 6.92. The van der Waals surface area contributed by atoms with Crippen molar-refractivity contribution < 1.29 is 9.47 Å². The molecule has 182 valence electrons. The van der Waals surface area contributed by atoms with E-state index in [0.29, 0.717) is 25.1 Å². The van der Waals surface area contributed by atoms with E-state index < -0.39 is 0 Å². The van der Waals surface area contributed by atoms with Crippen LogP contribution in [0.2, 0.25) is 0 Å². The van der Waals surface area contributed by atoms with Crippen LogP contribution < -0.4 is 14.8 Å². The Labute approximate surface area is 219 Å². The van der Waals surface area contributed by atoms with E-state index in [1.165, 1.54) is 0 Å². The lowest BCUT2D eigenvalue weighted by atomic mass is 9.93. The number of halogens is 1. The van der Waals surface area contributed by atoms with Crippen LogP contribution in [0.1, 0.15) is 30.5 Å². The topological polar surface area (TPSA) is 63.9 Å². The summed E-state index contributed by atoms with van der Waals surface area (Å²) >= 11 is 0. The summed E-state index contributed by atoms with van der Waals surface area (Å²) in [4.78, 5) is 11.1. The minimum absolute atomic E-state index is 0. The maximum absolute atomic E-state index is 5.98. The minimum atomic E-state index is 0. The van der Waals surface area contributed by atoms with Gasteiger partial charge in [0.2, 0.25) is 0 Å². The van der Waals surface area contributed by atoms with Gasteiger partial charge in [0.1, 0.15) is 6.61 Å². The van der Waals surface area contributed by atoms with Crippen molar-refractivity contribution in [2.45, 2.75) is 32.5 Å². The monoisotopic (exact) mass is 575 g/mol. The molecule has 0 saturated carbocycles. The molecule has 2 unspecified atom stereocenters. The molecule has 0 bridgehead atoms. The van der Waals surface area contributed by atoms with Crippen LogP contribution >= 0.6 is 24.0 Å². The van der Waals surface area contributed by atoms with Crippen molar-refractivity contribution in [3.63, 3.8) is 0 Å². The molecule has 2 heterocycles. The van der Waals surface area contributed by atoms with Gasteiger partial charge in [-0.25, -0.2) is 4.98 Å². The molecule has 1 N–H and O–H groups in total. The predicted molar refractivity (Wildman–Crippen MR) is 146 cm³/mol. The normalized spacial score (nSPS) is 18.2. The second kappa shape index (κ2) is 12.6. The molecular weight excluding hydrogens is 541 g/mol. The summed E-state index contributed by atoms with van der Waals surface area (Å²) in [5.41, 5.74) is 2.23. The molecule has 0 aliphatic carbocycles. The first-order chi connectivity index (χ1) is 16.2. The number of nitrogens with zero attached hydrogens (tertiary/aromatic N) is 4. The quantitative estimate of drug-likeness (QED) is 0.251. The van der Waals surface area contributed by atoms with E-state index in [0.717, 1.165) is 48.1 Å². The van der Waals surface area contributed by atoms with Crippen LogP contribution in [0.15, 0.2) is 72.2 Å². The molecule has 1 aliphatic heterocycles. The van der Waals surface area contributed by atoms with Crippen LogP contribution in [0.25, 0.3) is 0 Å². The van der Waals surface area contributed by atoms with Gasteiger partial charge in [-0.1, -0.05) is 43.3 Å². The minimum Gasteiger partial charge on any atom is -0.493 e. The molecular formula is C26H34IN5O2. The van der Waals surface area contributed by atoms with Crippen LogP contribution in [0.5, 0.6) is 11.5 Å². The summed E-state index contributed by atoms with van der Waals surface area (Å²) in [6, 6.07) is 16.6. The van der Waals surface area contributed by atoms with Crippen molar-refractivity contribution in [1.82, 2.24) is 19.8 Å². The summed E-state index contributed by atoms with van der Waals surface area (Å²) in [7, 11) is 3.51. The number of nitrogens with one attached hydrogen (secondary N) is 1. The number of hydrogen-bond donors (Lipinski definition) is 1. The first kappa shape index (κ1) is 25.9. The highest BCUT2D eigenvalue weighted by atomic mass is 127. The zero-order valence-electron chi connectivity index (χ0n) is 20.1. The van der Waals surface area contributed by atoms with Gasteiger partial charge in [0.15, 0.2) is 17.5 Å². The van der Waals surface area contributed by atoms with Crippen LogP contribution in [-0.2, 0) is 13.2 Å². The van der Waals surface area contributed by atoms with E-state index in [1.54, 1.807) is 7.11 Å². The van der Waals surface area contributed by atoms with E-state index >= 15 is 0 Å². The molecule has 0 amide bonds. The van der Waals surface area contributed by atoms with Crippen molar-refractivity contribution in [2.24, 2.45) is 10.9 Å². The third-order valence-corrected chi connectivity index (χ3v) is 6.25. The number of rotatable bonds is 7. The van der Waals surface area contributed by atoms with Crippen LogP contribution in [-0.4, -0.2) is 47.7 Å². The summed E-state index contributed by atoms with van der Waals surface area (Å²) in [5, 5.41) is 3.52. The number of piperidine rings is 1. The Balaban J connectivity index is 0.00000324. The van der Waals surface area contributed by atoms with E-state index in [2.05, 4.69) is 56.1 Å². The fourth-order valence-electron chi connectivity index (χ4n) is 4.28. The molecule has 7 nitrogen and oxygen atoms in total. The van der Waals surface area contributed by atoms with E-state index in [1.807, 2.05) is 49.9 Å². The summed E-state index contributed by atoms with van der Waals surface area (Å²) in [5.74, 6) is 2.98. The lowest BCUT2D eigenvalue weighted by molar-refractivity contribution is 0.189. The maximum Gasteiger partial charge on any atom is 0.193 e. The lowest BCUT2D eigenvalue weighted by Crippen LogP contribution is -2.48. The Hall–Kier alpha value is -2.75. The van der Waals surface area contributed by atoms with Crippen molar-refractivity contribution in [3.05, 3.63) is 78.4 Å². The smallest absolute Gasteiger partial charge is 0.193 e. The molecule has 2 aromatic carbocycles. The Morgan fingerprint density at radius 3 is 2.68 bits per heavy atom. The van der Waals surface area contributed by atoms with Crippen molar-refractivity contribution in [1.29, 1.82) is 0 Å². The van der Waals surface area contributed by atoms with Gasteiger partial charge < -0.3 is 24.3 Å². The Morgan fingerprint density at radius 2 is 1.97 bits per heavy atom. The Bertz CT molecular complexity index is 1040. The van der Waals surface area contributed by atoms with E-state index in [4.69, 9.17) is 9.47 Å². The molecule has 4 rings (SSSR count). The van der Waals surface area contributed by atoms with Crippen molar-refractivity contribution in [3.8, 4) is 11.5 Å².